The van der Waals surface area contributed by atoms with Crippen molar-refractivity contribution < 1.29 is 13.2 Å². The molecule has 34 heavy (non-hydrogen) atoms. The molecule has 2 heterocycles. The minimum absolute atomic E-state index is 0.152. The minimum atomic E-state index is -3.63. The Balaban J connectivity index is 1.36. The summed E-state index contributed by atoms with van der Waals surface area (Å²) in [6.07, 6.45) is 5.57. The molecule has 178 valence electrons. The number of hydrogen-bond acceptors (Lipinski definition) is 4. The monoisotopic (exact) mass is 517 g/mol. The molecule has 6 nitrogen and oxygen atoms in total. The number of carbonyl (C=O) groups is 1. The van der Waals surface area contributed by atoms with Crippen LogP contribution in [0.3, 0.4) is 0 Å². The Bertz CT molecular complexity index is 1250. The summed E-state index contributed by atoms with van der Waals surface area (Å²) in [5.41, 5.74) is 3.47. The molecule has 4 rings (SSSR count). The van der Waals surface area contributed by atoms with Crippen LogP contribution in [0, 0.1) is 5.92 Å². The number of rotatable bonds is 7. The maximum absolute atomic E-state index is 13.0. The molecule has 2 aromatic carbocycles. The van der Waals surface area contributed by atoms with Crippen molar-refractivity contribution in [2.24, 2.45) is 5.92 Å². The van der Waals surface area contributed by atoms with Gasteiger partial charge < -0.3 is 5.32 Å². The van der Waals surface area contributed by atoms with E-state index in [4.69, 9.17) is 23.2 Å². The van der Waals surface area contributed by atoms with E-state index in [0.717, 1.165) is 17.5 Å². The molecule has 1 unspecified atom stereocenters. The smallest absolute Gasteiger partial charge is 0.228 e. The highest BCUT2D eigenvalue weighted by Gasteiger charge is 2.32. The third kappa shape index (κ3) is 6.36. The lowest BCUT2D eigenvalue weighted by molar-refractivity contribution is -0.120. The Morgan fingerprint density at radius 3 is 2.44 bits per heavy atom. The number of nitrogens with zero attached hydrogens (tertiary/aromatic N) is 2. The van der Waals surface area contributed by atoms with Gasteiger partial charge in [0.25, 0.3) is 0 Å². The van der Waals surface area contributed by atoms with Crippen molar-refractivity contribution in [3.63, 3.8) is 0 Å². The van der Waals surface area contributed by atoms with Crippen molar-refractivity contribution in [2.75, 3.05) is 18.4 Å². The van der Waals surface area contributed by atoms with Gasteiger partial charge in [-0.3, -0.25) is 9.78 Å². The molecule has 1 fully saturated rings. The molecular weight excluding hydrogens is 493 g/mol. The molecule has 0 spiro atoms. The first kappa shape index (κ1) is 24.7. The van der Waals surface area contributed by atoms with Gasteiger partial charge in [-0.2, -0.15) is 0 Å². The van der Waals surface area contributed by atoms with E-state index >= 15 is 0 Å². The summed E-state index contributed by atoms with van der Waals surface area (Å²) in [6, 6.07) is 16.4. The third-order valence-electron chi connectivity index (χ3n) is 5.88. The SMILES string of the molecule is O=C(Nc1ccc(Cc2ccncc2)cc1)C1CCCN(S(=O)(=O)Cc2ccc(Cl)cc2Cl)C1. The first-order valence-electron chi connectivity index (χ1n) is 11.0. The number of benzene rings is 2. The Labute approximate surface area is 210 Å². The number of sulfonamides is 1. The molecule has 1 saturated heterocycles. The van der Waals surface area contributed by atoms with E-state index in [-0.39, 0.29) is 18.2 Å². The van der Waals surface area contributed by atoms with E-state index in [1.807, 2.05) is 36.4 Å². The van der Waals surface area contributed by atoms with E-state index in [1.165, 1.54) is 10.4 Å². The van der Waals surface area contributed by atoms with E-state index < -0.39 is 15.9 Å². The molecule has 1 amide bonds. The number of amides is 1. The minimum Gasteiger partial charge on any atom is -0.326 e. The van der Waals surface area contributed by atoms with E-state index in [0.29, 0.717) is 40.7 Å². The zero-order chi connectivity index (χ0) is 24.1. The first-order valence-corrected chi connectivity index (χ1v) is 13.4. The lowest BCUT2D eigenvalue weighted by Gasteiger charge is -2.31. The van der Waals surface area contributed by atoms with Gasteiger partial charge in [0.05, 0.1) is 11.7 Å². The van der Waals surface area contributed by atoms with Gasteiger partial charge in [-0.15, -0.1) is 0 Å². The zero-order valence-electron chi connectivity index (χ0n) is 18.5. The second kappa shape index (κ2) is 10.9. The van der Waals surface area contributed by atoms with Crippen LogP contribution in [0.4, 0.5) is 5.69 Å². The Morgan fingerprint density at radius 1 is 1.03 bits per heavy atom. The van der Waals surface area contributed by atoms with Gasteiger partial charge in [-0.1, -0.05) is 41.4 Å². The van der Waals surface area contributed by atoms with Gasteiger partial charge in [0.15, 0.2) is 0 Å². The van der Waals surface area contributed by atoms with Crippen LogP contribution in [0.5, 0.6) is 0 Å². The van der Waals surface area contributed by atoms with Crippen molar-refractivity contribution in [3.8, 4) is 0 Å². The average molecular weight is 518 g/mol. The molecule has 0 aliphatic carbocycles. The van der Waals surface area contributed by atoms with Crippen molar-refractivity contribution in [1.29, 1.82) is 0 Å². The highest BCUT2D eigenvalue weighted by atomic mass is 35.5. The molecule has 1 atom stereocenters. The van der Waals surface area contributed by atoms with E-state index in [2.05, 4.69) is 10.3 Å². The summed E-state index contributed by atoms with van der Waals surface area (Å²) in [7, 11) is -3.63. The fourth-order valence-corrected chi connectivity index (χ4v) is 6.22. The summed E-state index contributed by atoms with van der Waals surface area (Å²) in [5, 5.41) is 3.70. The quantitative estimate of drug-likeness (QED) is 0.469. The number of anilines is 1. The average Bonchev–Trinajstić information content (AvgIpc) is 2.83. The lowest BCUT2D eigenvalue weighted by Crippen LogP contribution is -2.44. The van der Waals surface area contributed by atoms with Crippen molar-refractivity contribution in [2.45, 2.75) is 25.0 Å². The number of pyridine rings is 1. The van der Waals surface area contributed by atoms with Crippen molar-refractivity contribution >= 4 is 44.8 Å². The number of halogens is 2. The molecule has 1 aliphatic heterocycles. The van der Waals surface area contributed by atoms with Gasteiger partial charge >= 0.3 is 0 Å². The fraction of sp³-hybridized carbons (Fsp3) is 0.280. The second-order valence-electron chi connectivity index (χ2n) is 8.41. The summed E-state index contributed by atoms with van der Waals surface area (Å²) in [6.45, 7) is 0.542. The maximum Gasteiger partial charge on any atom is 0.228 e. The van der Waals surface area contributed by atoms with Gasteiger partial charge in [-0.05, 0) is 72.4 Å². The van der Waals surface area contributed by atoms with Crippen molar-refractivity contribution in [3.05, 3.63) is 93.7 Å². The number of carbonyl (C=O) groups excluding carboxylic acids is 1. The van der Waals surface area contributed by atoms with Crippen molar-refractivity contribution in [1.82, 2.24) is 9.29 Å². The largest absolute Gasteiger partial charge is 0.326 e. The summed E-state index contributed by atoms with van der Waals surface area (Å²) in [5.74, 6) is -0.817. The van der Waals surface area contributed by atoms with Crippen LogP contribution < -0.4 is 5.32 Å². The number of piperidine rings is 1. The van der Waals surface area contributed by atoms with Crippen LogP contribution in [0.2, 0.25) is 10.0 Å². The van der Waals surface area contributed by atoms with Crippen LogP contribution in [-0.2, 0) is 27.0 Å². The van der Waals surface area contributed by atoms with Gasteiger partial charge in [-0.25, -0.2) is 12.7 Å². The normalized spacial score (nSPS) is 16.8. The van der Waals surface area contributed by atoms with Crippen LogP contribution in [0.15, 0.2) is 67.0 Å². The lowest BCUT2D eigenvalue weighted by atomic mass is 9.98. The van der Waals surface area contributed by atoms with Gasteiger partial charge in [0.1, 0.15) is 0 Å². The highest BCUT2D eigenvalue weighted by Crippen LogP contribution is 2.27. The summed E-state index contributed by atoms with van der Waals surface area (Å²) in [4.78, 5) is 16.9. The second-order valence-corrected chi connectivity index (χ2v) is 11.2. The predicted octanol–water partition coefficient (Wildman–Crippen LogP) is 5.16. The molecule has 3 aromatic rings. The maximum atomic E-state index is 13.0. The zero-order valence-corrected chi connectivity index (χ0v) is 20.8. The Morgan fingerprint density at radius 2 is 1.74 bits per heavy atom. The number of nitrogens with one attached hydrogen (secondary N) is 1. The van der Waals surface area contributed by atoms with Gasteiger partial charge in [0, 0.05) is 41.2 Å². The molecule has 1 aromatic heterocycles. The molecule has 0 radical (unpaired) electrons. The van der Waals surface area contributed by atoms with Crippen LogP contribution in [-0.4, -0.2) is 36.7 Å². The third-order valence-corrected chi connectivity index (χ3v) is 8.26. The summed E-state index contributed by atoms with van der Waals surface area (Å²) < 4.78 is 27.4. The molecule has 1 N–H and O–H groups in total. The van der Waals surface area contributed by atoms with E-state index in [9.17, 15) is 13.2 Å². The predicted molar refractivity (Wildman–Crippen MR) is 135 cm³/mol. The molecule has 0 bridgehead atoms. The van der Waals surface area contributed by atoms with Crippen LogP contribution in [0.25, 0.3) is 0 Å². The van der Waals surface area contributed by atoms with Crippen LogP contribution in [0.1, 0.15) is 29.5 Å². The first-order chi connectivity index (χ1) is 16.3. The topological polar surface area (TPSA) is 79.4 Å². The Hall–Kier alpha value is -2.45. The molecular formula is C25H25Cl2N3O3S. The summed E-state index contributed by atoms with van der Waals surface area (Å²) >= 11 is 12.1. The Kier molecular flexibility index (Phi) is 7.88. The standard InChI is InChI=1S/C25H25Cl2N3O3S/c26-22-6-5-21(24(27)15-22)17-34(32,33)30-13-1-2-20(16-30)25(31)29-23-7-3-18(4-8-23)14-19-9-11-28-12-10-19/h3-12,15,20H,1-2,13-14,16-17H2,(H,29,31). The van der Waals surface area contributed by atoms with Crippen LogP contribution >= 0.6 is 23.2 Å². The van der Waals surface area contributed by atoms with Gasteiger partial charge in [0.2, 0.25) is 15.9 Å². The fourth-order valence-electron chi connectivity index (χ4n) is 4.02. The molecule has 0 saturated carbocycles. The molecule has 9 heteroatoms. The van der Waals surface area contributed by atoms with E-state index in [1.54, 1.807) is 24.5 Å². The number of aromatic nitrogens is 1. The molecule has 1 aliphatic rings. The highest BCUT2D eigenvalue weighted by molar-refractivity contribution is 7.88. The number of hydrogen-bond donors (Lipinski definition) is 1.